The molecule has 1 amide bonds. The predicted octanol–water partition coefficient (Wildman–Crippen LogP) is 2.63. The molecule has 0 aliphatic rings. The molecule has 1 unspecified atom stereocenters. The van der Waals surface area contributed by atoms with Crippen molar-refractivity contribution in [2.24, 2.45) is 7.05 Å². The SMILES string of the molecule is CSc1ccc(C(CC(=O)O)NC(=O)Cc2c(C)nn(C)c2C)cc1. The van der Waals surface area contributed by atoms with Crippen molar-refractivity contribution in [2.45, 2.75) is 37.6 Å². The van der Waals surface area contributed by atoms with Gasteiger partial charge in [-0.15, -0.1) is 11.8 Å². The Bertz CT molecular complexity index is 769. The van der Waals surface area contributed by atoms with Gasteiger partial charge < -0.3 is 10.4 Å². The summed E-state index contributed by atoms with van der Waals surface area (Å²) >= 11 is 1.61. The van der Waals surface area contributed by atoms with Crippen LogP contribution in [0.3, 0.4) is 0 Å². The molecule has 0 saturated heterocycles. The molecule has 0 radical (unpaired) electrons. The van der Waals surface area contributed by atoms with Crippen molar-refractivity contribution >= 4 is 23.6 Å². The quantitative estimate of drug-likeness (QED) is 0.741. The fraction of sp³-hybridized carbons (Fsp3) is 0.389. The van der Waals surface area contributed by atoms with Gasteiger partial charge in [-0.2, -0.15) is 5.10 Å². The van der Waals surface area contributed by atoms with Crippen molar-refractivity contribution in [2.75, 3.05) is 6.26 Å². The van der Waals surface area contributed by atoms with Crippen LogP contribution in [-0.4, -0.2) is 33.0 Å². The lowest BCUT2D eigenvalue weighted by molar-refractivity contribution is -0.137. The molecule has 6 nitrogen and oxygen atoms in total. The average molecular weight is 361 g/mol. The van der Waals surface area contributed by atoms with Gasteiger partial charge in [0.15, 0.2) is 0 Å². The van der Waals surface area contributed by atoms with E-state index >= 15 is 0 Å². The fourth-order valence-electron chi connectivity index (χ4n) is 2.74. The zero-order chi connectivity index (χ0) is 18.6. The Balaban J connectivity index is 2.15. The molecular weight excluding hydrogens is 338 g/mol. The van der Waals surface area contributed by atoms with Gasteiger partial charge in [0.25, 0.3) is 0 Å². The van der Waals surface area contributed by atoms with Gasteiger partial charge in [0.2, 0.25) is 5.91 Å². The minimum Gasteiger partial charge on any atom is -0.481 e. The third kappa shape index (κ3) is 4.85. The molecule has 2 N–H and O–H groups in total. The molecule has 1 atom stereocenters. The number of thioether (sulfide) groups is 1. The molecule has 1 heterocycles. The van der Waals surface area contributed by atoms with Crippen LogP contribution in [0.15, 0.2) is 29.2 Å². The summed E-state index contributed by atoms with van der Waals surface area (Å²) in [5.74, 6) is -1.16. The van der Waals surface area contributed by atoms with Crippen molar-refractivity contribution in [3.63, 3.8) is 0 Å². The number of nitrogens with zero attached hydrogens (tertiary/aromatic N) is 2. The summed E-state index contributed by atoms with van der Waals surface area (Å²) in [4.78, 5) is 24.7. The third-order valence-corrected chi connectivity index (χ3v) is 4.97. The maximum Gasteiger partial charge on any atom is 0.305 e. The average Bonchev–Trinajstić information content (AvgIpc) is 2.80. The fourth-order valence-corrected chi connectivity index (χ4v) is 3.15. The molecule has 1 aromatic carbocycles. The number of rotatable bonds is 7. The number of aliphatic carboxylic acids is 1. The second kappa shape index (κ2) is 8.20. The summed E-state index contributed by atoms with van der Waals surface area (Å²) in [5.41, 5.74) is 3.42. The Morgan fingerprint density at radius 1 is 1.28 bits per heavy atom. The zero-order valence-electron chi connectivity index (χ0n) is 14.9. The zero-order valence-corrected chi connectivity index (χ0v) is 15.7. The van der Waals surface area contributed by atoms with Crippen LogP contribution in [0.4, 0.5) is 0 Å². The molecule has 0 bridgehead atoms. The number of hydrogen-bond acceptors (Lipinski definition) is 4. The van der Waals surface area contributed by atoms with Gasteiger partial charge in [-0.1, -0.05) is 12.1 Å². The van der Waals surface area contributed by atoms with Crippen LogP contribution in [0.25, 0.3) is 0 Å². The minimum atomic E-state index is -0.951. The Kier molecular flexibility index (Phi) is 6.25. The first-order valence-electron chi connectivity index (χ1n) is 7.96. The van der Waals surface area contributed by atoms with Crippen molar-refractivity contribution in [3.8, 4) is 0 Å². The number of aromatic nitrogens is 2. The van der Waals surface area contributed by atoms with Crippen LogP contribution in [0.1, 0.15) is 35.0 Å². The second-order valence-corrected chi connectivity index (χ2v) is 6.82. The largest absolute Gasteiger partial charge is 0.481 e. The van der Waals surface area contributed by atoms with Crippen LogP contribution >= 0.6 is 11.8 Å². The number of nitrogens with one attached hydrogen (secondary N) is 1. The van der Waals surface area contributed by atoms with Crippen LogP contribution < -0.4 is 5.32 Å². The lowest BCUT2D eigenvalue weighted by Crippen LogP contribution is -2.31. The van der Waals surface area contributed by atoms with Crippen LogP contribution in [0.2, 0.25) is 0 Å². The van der Waals surface area contributed by atoms with E-state index in [0.29, 0.717) is 0 Å². The maximum absolute atomic E-state index is 12.5. The molecule has 0 aliphatic heterocycles. The highest BCUT2D eigenvalue weighted by molar-refractivity contribution is 7.98. The van der Waals surface area contributed by atoms with Crippen LogP contribution in [0, 0.1) is 13.8 Å². The number of carbonyl (C=O) groups is 2. The number of benzene rings is 1. The van der Waals surface area contributed by atoms with Gasteiger partial charge in [0.1, 0.15) is 0 Å². The molecule has 25 heavy (non-hydrogen) atoms. The Morgan fingerprint density at radius 2 is 1.92 bits per heavy atom. The number of carboxylic acids is 1. The van der Waals surface area contributed by atoms with E-state index in [0.717, 1.165) is 27.4 Å². The predicted molar refractivity (Wildman–Crippen MR) is 97.7 cm³/mol. The van der Waals surface area contributed by atoms with E-state index in [-0.39, 0.29) is 18.7 Å². The summed E-state index contributed by atoms with van der Waals surface area (Å²) < 4.78 is 1.74. The summed E-state index contributed by atoms with van der Waals surface area (Å²) in [7, 11) is 1.84. The monoisotopic (exact) mass is 361 g/mol. The molecule has 0 aliphatic carbocycles. The van der Waals surface area contributed by atoms with Crippen LogP contribution in [-0.2, 0) is 23.1 Å². The van der Waals surface area contributed by atoms with E-state index in [4.69, 9.17) is 0 Å². The normalized spacial score (nSPS) is 12.0. The topological polar surface area (TPSA) is 84.2 Å². The molecular formula is C18H23N3O3S. The number of aryl methyl sites for hydroxylation is 2. The van der Waals surface area contributed by atoms with E-state index in [1.165, 1.54) is 0 Å². The molecule has 0 spiro atoms. The van der Waals surface area contributed by atoms with Crippen molar-refractivity contribution in [1.29, 1.82) is 0 Å². The molecule has 134 valence electrons. The van der Waals surface area contributed by atoms with E-state index in [1.807, 2.05) is 51.4 Å². The van der Waals surface area contributed by atoms with Crippen molar-refractivity contribution in [1.82, 2.24) is 15.1 Å². The molecule has 2 rings (SSSR count). The van der Waals surface area contributed by atoms with Gasteiger partial charge in [0, 0.05) is 23.2 Å². The first-order valence-corrected chi connectivity index (χ1v) is 9.18. The van der Waals surface area contributed by atoms with Crippen LogP contribution in [0.5, 0.6) is 0 Å². The highest BCUT2D eigenvalue weighted by Gasteiger charge is 2.20. The summed E-state index contributed by atoms with van der Waals surface area (Å²) in [6.45, 7) is 3.78. The standard InChI is InChI=1S/C18H23N3O3S/c1-11-15(12(2)21(3)20-11)9-17(22)19-16(10-18(23)24)13-5-7-14(25-4)8-6-13/h5-8,16H,9-10H2,1-4H3,(H,19,22)(H,23,24). The number of hydrogen-bond donors (Lipinski definition) is 2. The molecule has 2 aromatic rings. The smallest absolute Gasteiger partial charge is 0.305 e. The van der Waals surface area contributed by atoms with E-state index < -0.39 is 12.0 Å². The van der Waals surface area contributed by atoms with E-state index in [2.05, 4.69) is 10.4 Å². The first kappa shape index (κ1) is 19.1. The maximum atomic E-state index is 12.5. The van der Waals surface area contributed by atoms with E-state index in [1.54, 1.807) is 16.4 Å². The van der Waals surface area contributed by atoms with Gasteiger partial charge in [0.05, 0.1) is 24.6 Å². The number of carbonyl (C=O) groups excluding carboxylic acids is 1. The second-order valence-electron chi connectivity index (χ2n) is 5.94. The van der Waals surface area contributed by atoms with Gasteiger partial charge in [-0.3, -0.25) is 14.3 Å². The van der Waals surface area contributed by atoms with Crippen molar-refractivity contribution < 1.29 is 14.7 Å². The number of amides is 1. The molecule has 7 heteroatoms. The van der Waals surface area contributed by atoms with Gasteiger partial charge in [-0.05, 0) is 37.8 Å². The Labute approximate surface area is 151 Å². The summed E-state index contributed by atoms with van der Waals surface area (Å²) in [5, 5.41) is 16.3. The van der Waals surface area contributed by atoms with Gasteiger partial charge >= 0.3 is 5.97 Å². The highest BCUT2D eigenvalue weighted by Crippen LogP contribution is 2.22. The Morgan fingerprint density at radius 3 is 2.40 bits per heavy atom. The first-order chi connectivity index (χ1) is 11.8. The van der Waals surface area contributed by atoms with Crippen molar-refractivity contribution in [3.05, 3.63) is 46.8 Å². The molecule has 0 fully saturated rings. The molecule has 0 saturated carbocycles. The molecule has 1 aromatic heterocycles. The lowest BCUT2D eigenvalue weighted by atomic mass is 10.0. The summed E-state index contributed by atoms with van der Waals surface area (Å²) in [6, 6.07) is 7.02. The number of carboxylic acid groups (broad SMARTS) is 1. The third-order valence-electron chi connectivity index (χ3n) is 4.23. The lowest BCUT2D eigenvalue weighted by Gasteiger charge is -2.18. The summed E-state index contributed by atoms with van der Waals surface area (Å²) in [6.07, 6.45) is 2.00. The van der Waals surface area contributed by atoms with E-state index in [9.17, 15) is 14.7 Å². The Hall–Kier alpha value is -2.28. The minimum absolute atomic E-state index is 0.157. The highest BCUT2D eigenvalue weighted by atomic mass is 32.2. The van der Waals surface area contributed by atoms with Gasteiger partial charge in [-0.25, -0.2) is 0 Å².